The van der Waals surface area contributed by atoms with Crippen molar-refractivity contribution in [3.05, 3.63) is 29.8 Å². The van der Waals surface area contributed by atoms with Crippen molar-refractivity contribution in [3.8, 4) is 0 Å². The minimum Gasteiger partial charge on any atom is -0.373 e. The molecule has 0 bridgehead atoms. The molecule has 0 radical (unpaired) electrons. The van der Waals surface area contributed by atoms with Crippen LogP contribution in [0.1, 0.15) is 32.8 Å². The van der Waals surface area contributed by atoms with Crippen LogP contribution < -0.4 is 10.6 Å². The molecule has 0 heterocycles. The van der Waals surface area contributed by atoms with Crippen LogP contribution in [0.5, 0.6) is 0 Å². The number of aryl methyl sites for hydroxylation is 1. The van der Waals surface area contributed by atoms with Crippen molar-refractivity contribution in [2.24, 2.45) is 11.7 Å². The van der Waals surface area contributed by atoms with Crippen molar-refractivity contribution in [3.63, 3.8) is 0 Å². The average Bonchev–Trinajstić information content (AvgIpc) is 2.28. The quantitative estimate of drug-likeness (QED) is 0.819. The van der Waals surface area contributed by atoms with E-state index in [9.17, 15) is 0 Å². The minimum absolute atomic E-state index is 0.255. The van der Waals surface area contributed by atoms with Crippen LogP contribution in [0.4, 0.5) is 5.69 Å². The Balaban J connectivity index is 2.53. The van der Waals surface area contributed by atoms with Crippen molar-refractivity contribution in [1.82, 2.24) is 0 Å². The summed E-state index contributed by atoms with van der Waals surface area (Å²) in [4.78, 5) is 2.24. The molecule has 2 heteroatoms. The lowest BCUT2D eigenvalue weighted by Gasteiger charge is -2.24. The van der Waals surface area contributed by atoms with Gasteiger partial charge in [-0.15, -0.1) is 0 Å². The summed E-state index contributed by atoms with van der Waals surface area (Å²) in [5, 5.41) is 0. The number of hydrogen-bond donors (Lipinski definition) is 1. The molecular formula is C15H26N2. The zero-order chi connectivity index (χ0) is 12.8. The van der Waals surface area contributed by atoms with E-state index in [1.807, 2.05) is 0 Å². The van der Waals surface area contributed by atoms with Crippen molar-refractivity contribution in [2.75, 3.05) is 18.5 Å². The number of nitrogens with two attached hydrogens (primary N) is 1. The molecule has 0 saturated heterocycles. The molecule has 0 aliphatic heterocycles. The van der Waals surface area contributed by atoms with E-state index in [2.05, 4.69) is 57.0 Å². The van der Waals surface area contributed by atoms with Gasteiger partial charge >= 0.3 is 0 Å². The number of rotatable bonds is 6. The number of anilines is 1. The molecule has 0 aliphatic carbocycles. The molecule has 0 fully saturated rings. The molecular weight excluding hydrogens is 208 g/mol. The molecule has 1 rings (SSSR count). The maximum absolute atomic E-state index is 6.13. The standard InChI is InChI=1S/C15H26N2/c1-5-13-6-8-15(9-7-13)17(4)11-14(16)10-12(2)3/h6-9,12,14H,5,10-11,16H2,1-4H3. The van der Waals surface area contributed by atoms with E-state index in [4.69, 9.17) is 5.73 Å². The van der Waals surface area contributed by atoms with Crippen LogP contribution in [-0.4, -0.2) is 19.6 Å². The van der Waals surface area contributed by atoms with E-state index in [1.165, 1.54) is 11.3 Å². The van der Waals surface area contributed by atoms with Gasteiger partial charge in [-0.3, -0.25) is 0 Å². The lowest BCUT2D eigenvalue weighted by Crippen LogP contribution is -2.36. The highest BCUT2D eigenvalue weighted by molar-refractivity contribution is 5.47. The highest BCUT2D eigenvalue weighted by Crippen LogP contribution is 2.15. The summed E-state index contributed by atoms with van der Waals surface area (Å²) in [6.07, 6.45) is 2.17. The van der Waals surface area contributed by atoms with E-state index in [-0.39, 0.29) is 6.04 Å². The highest BCUT2D eigenvalue weighted by atomic mass is 15.1. The Kier molecular flexibility index (Phi) is 5.49. The lowest BCUT2D eigenvalue weighted by atomic mass is 10.0. The lowest BCUT2D eigenvalue weighted by molar-refractivity contribution is 0.495. The zero-order valence-electron chi connectivity index (χ0n) is 11.6. The van der Waals surface area contributed by atoms with Gasteiger partial charge in [-0.1, -0.05) is 32.9 Å². The van der Waals surface area contributed by atoms with Gasteiger partial charge in [0.1, 0.15) is 0 Å². The Morgan fingerprint density at radius 2 is 1.76 bits per heavy atom. The van der Waals surface area contributed by atoms with E-state index >= 15 is 0 Å². The Bertz CT molecular complexity index is 316. The first-order valence-electron chi connectivity index (χ1n) is 6.58. The number of benzene rings is 1. The van der Waals surface area contributed by atoms with Crippen LogP contribution in [0.25, 0.3) is 0 Å². The maximum atomic E-state index is 6.13. The molecule has 1 aromatic rings. The summed E-state index contributed by atoms with van der Waals surface area (Å²) in [6, 6.07) is 9.01. The summed E-state index contributed by atoms with van der Waals surface area (Å²) in [5.74, 6) is 0.667. The van der Waals surface area contributed by atoms with E-state index in [1.54, 1.807) is 0 Å². The minimum atomic E-state index is 0.255. The second-order valence-electron chi connectivity index (χ2n) is 5.29. The third-order valence-electron chi connectivity index (χ3n) is 3.07. The van der Waals surface area contributed by atoms with E-state index in [0.717, 1.165) is 19.4 Å². The molecule has 2 nitrogen and oxygen atoms in total. The smallest absolute Gasteiger partial charge is 0.0364 e. The summed E-state index contributed by atoms with van der Waals surface area (Å²) in [5.41, 5.74) is 8.76. The molecule has 1 atom stereocenters. The largest absolute Gasteiger partial charge is 0.373 e. The summed E-state index contributed by atoms with van der Waals surface area (Å²) in [7, 11) is 2.11. The van der Waals surface area contributed by atoms with Crippen LogP contribution in [0, 0.1) is 5.92 Å². The molecule has 1 unspecified atom stereocenters. The van der Waals surface area contributed by atoms with Crippen molar-refractivity contribution in [1.29, 1.82) is 0 Å². The number of hydrogen-bond acceptors (Lipinski definition) is 2. The molecule has 1 aromatic carbocycles. The van der Waals surface area contributed by atoms with Gasteiger partial charge in [0, 0.05) is 25.3 Å². The Labute approximate surface area is 106 Å². The van der Waals surface area contributed by atoms with Gasteiger partial charge in [0.2, 0.25) is 0 Å². The second kappa shape index (κ2) is 6.65. The van der Waals surface area contributed by atoms with Crippen molar-refractivity contribution in [2.45, 2.75) is 39.7 Å². The van der Waals surface area contributed by atoms with E-state index < -0.39 is 0 Å². The van der Waals surface area contributed by atoms with Gasteiger partial charge in [0.25, 0.3) is 0 Å². The first kappa shape index (κ1) is 14.0. The third-order valence-corrected chi connectivity index (χ3v) is 3.07. The monoisotopic (exact) mass is 234 g/mol. The molecule has 0 saturated carbocycles. The SMILES string of the molecule is CCc1ccc(N(C)CC(N)CC(C)C)cc1. The fraction of sp³-hybridized carbons (Fsp3) is 0.600. The first-order chi connectivity index (χ1) is 8.02. The predicted molar refractivity (Wildman–Crippen MR) is 76.5 cm³/mol. The molecule has 96 valence electrons. The van der Waals surface area contributed by atoms with Crippen molar-refractivity contribution < 1.29 is 0 Å². The Morgan fingerprint density at radius 3 is 2.24 bits per heavy atom. The van der Waals surface area contributed by atoms with Crippen molar-refractivity contribution >= 4 is 5.69 Å². The van der Waals surface area contributed by atoms with Crippen LogP contribution in [-0.2, 0) is 6.42 Å². The van der Waals surface area contributed by atoms with Gasteiger partial charge in [-0.25, -0.2) is 0 Å². The maximum Gasteiger partial charge on any atom is 0.0364 e. The number of nitrogens with zero attached hydrogens (tertiary/aromatic N) is 1. The van der Waals surface area contributed by atoms with Gasteiger partial charge in [0.15, 0.2) is 0 Å². The molecule has 0 amide bonds. The van der Waals surface area contributed by atoms with E-state index in [0.29, 0.717) is 5.92 Å². The average molecular weight is 234 g/mol. The highest BCUT2D eigenvalue weighted by Gasteiger charge is 2.09. The summed E-state index contributed by atoms with van der Waals surface area (Å²) < 4.78 is 0. The zero-order valence-corrected chi connectivity index (χ0v) is 11.6. The van der Waals surface area contributed by atoms with Gasteiger partial charge in [-0.05, 0) is 36.5 Å². The third kappa shape index (κ3) is 4.78. The van der Waals surface area contributed by atoms with Gasteiger partial charge < -0.3 is 10.6 Å². The predicted octanol–water partition coefficient (Wildman–Crippen LogP) is 3.06. The van der Waals surface area contributed by atoms with Gasteiger partial charge in [0.05, 0.1) is 0 Å². The molecule has 2 N–H and O–H groups in total. The van der Waals surface area contributed by atoms with Crippen LogP contribution in [0.3, 0.4) is 0 Å². The van der Waals surface area contributed by atoms with Crippen LogP contribution in [0.15, 0.2) is 24.3 Å². The second-order valence-corrected chi connectivity index (χ2v) is 5.29. The van der Waals surface area contributed by atoms with Crippen LogP contribution in [0.2, 0.25) is 0 Å². The molecule has 0 spiro atoms. The normalized spacial score (nSPS) is 12.8. The fourth-order valence-electron chi connectivity index (χ4n) is 2.12. The number of likely N-dealkylation sites (N-methyl/N-ethyl adjacent to an activating group) is 1. The first-order valence-corrected chi connectivity index (χ1v) is 6.58. The molecule has 17 heavy (non-hydrogen) atoms. The Hall–Kier alpha value is -1.02. The molecule has 0 aliphatic rings. The summed E-state index contributed by atoms with van der Waals surface area (Å²) in [6.45, 7) is 7.53. The topological polar surface area (TPSA) is 29.3 Å². The van der Waals surface area contributed by atoms with Gasteiger partial charge in [-0.2, -0.15) is 0 Å². The fourth-order valence-corrected chi connectivity index (χ4v) is 2.12. The van der Waals surface area contributed by atoms with Crippen LogP contribution >= 0.6 is 0 Å². The Morgan fingerprint density at radius 1 is 1.18 bits per heavy atom. The summed E-state index contributed by atoms with van der Waals surface area (Å²) >= 11 is 0. The molecule has 0 aromatic heterocycles.